The number of halogens is 1. The first-order chi connectivity index (χ1) is 5.38. The summed E-state index contributed by atoms with van der Waals surface area (Å²) in [6.45, 7) is 0. The number of fused-ring (bicyclic) bond motifs is 1. The fraction of sp³-hybridized carbons (Fsp3) is 0. The minimum Gasteiger partial charge on any atom is -0.245 e. The molecule has 0 aliphatic carbocycles. The van der Waals surface area contributed by atoms with E-state index in [1.165, 1.54) is 0 Å². The minimum atomic E-state index is 0.680. The topological polar surface area (TPSA) is 12.9 Å². The Balaban J connectivity index is 2.91. The second-order valence-corrected chi connectivity index (χ2v) is 2.66. The first kappa shape index (κ1) is 6.62. The van der Waals surface area contributed by atoms with Gasteiger partial charge in [-0.1, -0.05) is 29.8 Å². The second kappa shape index (κ2) is 2.51. The molecule has 0 saturated heterocycles. The van der Waals surface area contributed by atoms with Gasteiger partial charge in [-0.25, -0.2) is 4.98 Å². The molecule has 1 nitrogen and oxygen atoms in total. The van der Waals surface area contributed by atoms with E-state index in [4.69, 9.17) is 11.6 Å². The SMILES string of the molecule is Clc1cccc2cc[c]nc12. The Morgan fingerprint density at radius 3 is 3.00 bits per heavy atom. The Labute approximate surface area is 69.6 Å². The Hall–Kier alpha value is -1.08. The van der Waals surface area contributed by atoms with Crippen molar-refractivity contribution in [1.82, 2.24) is 4.98 Å². The van der Waals surface area contributed by atoms with Crippen LogP contribution in [0, 0.1) is 6.20 Å². The summed E-state index contributed by atoms with van der Waals surface area (Å²) in [5, 5.41) is 1.73. The minimum absolute atomic E-state index is 0.680. The lowest BCUT2D eigenvalue weighted by atomic mass is 10.2. The highest BCUT2D eigenvalue weighted by Gasteiger charge is 1.95. The van der Waals surface area contributed by atoms with E-state index < -0.39 is 0 Å². The molecule has 0 bridgehead atoms. The normalized spacial score (nSPS) is 10.3. The first-order valence-electron chi connectivity index (χ1n) is 3.29. The predicted molar refractivity (Wildman–Crippen MR) is 45.6 cm³/mol. The van der Waals surface area contributed by atoms with E-state index in [0.717, 1.165) is 10.9 Å². The number of aromatic nitrogens is 1. The highest BCUT2D eigenvalue weighted by atomic mass is 35.5. The number of hydrogen-bond acceptors (Lipinski definition) is 1. The van der Waals surface area contributed by atoms with Crippen LogP contribution < -0.4 is 0 Å². The van der Waals surface area contributed by atoms with Crippen molar-refractivity contribution in [2.45, 2.75) is 0 Å². The standard InChI is InChI=1S/C9H5ClN/c10-8-5-1-3-7-4-2-6-11-9(7)8/h1-5H. The summed E-state index contributed by atoms with van der Waals surface area (Å²) in [5.41, 5.74) is 0.816. The molecule has 0 fully saturated rings. The van der Waals surface area contributed by atoms with Crippen molar-refractivity contribution in [2.24, 2.45) is 0 Å². The lowest BCUT2D eigenvalue weighted by molar-refractivity contribution is 1.39. The van der Waals surface area contributed by atoms with Crippen molar-refractivity contribution < 1.29 is 0 Å². The zero-order chi connectivity index (χ0) is 7.68. The molecule has 53 valence electrons. The van der Waals surface area contributed by atoms with Crippen LogP contribution in [0.2, 0.25) is 5.02 Å². The van der Waals surface area contributed by atoms with Crippen molar-refractivity contribution in [1.29, 1.82) is 0 Å². The van der Waals surface area contributed by atoms with Crippen LogP contribution in [0.5, 0.6) is 0 Å². The molecule has 0 saturated carbocycles. The molecule has 0 spiro atoms. The van der Waals surface area contributed by atoms with Crippen molar-refractivity contribution in [3.63, 3.8) is 0 Å². The maximum atomic E-state index is 5.87. The molecule has 11 heavy (non-hydrogen) atoms. The smallest absolute Gasteiger partial charge is 0.0896 e. The summed E-state index contributed by atoms with van der Waals surface area (Å²) in [6.07, 6.45) is 2.74. The number of nitrogens with zero attached hydrogens (tertiary/aromatic N) is 1. The van der Waals surface area contributed by atoms with Gasteiger partial charge in [0.05, 0.1) is 16.7 Å². The molecule has 1 aromatic heterocycles. The highest BCUT2D eigenvalue weighted by molar-refractivity contribution is 6.34. The van der Waals surface area contributed by atoms with E-state index in [1.807, 2.05) is 24.3 Å². The van der Waals surface area contributed by atoms with Gasteiger partial charge in [-0.15, -0.1) is 0 Å². The van der Waals surface area contributed by atoms with Crippen LogP contribution in [0.4, 0.5) is 0 Å². The Bertz CT molecular complexity index is 379. The van der Waals surface area contributed by atoms with E-state index in [1.54, 1.807) is 6.07 Å². The molecule has 1 radical (unpaired) electrons. The lowest BCUT2D eigenvalue weighted by Crippen LogP contribution is -1.77. The van der Waals surface area contributed by atoms with Crippen LogP contribution in [-0.4, -0.2) is 4.98 Å². The lowest BCUT2D eigenvalue weighted by Gasteiger charge is -1.95. The summed E-state index contributed by atoms with van der Waals surface area (Å²) in [4.78, 5) is 4.02. The van der Waals surface area contributed by atoms with E-state index in [9.17, 15) is 0 Å². The molecule has 0 amide bonds. The summed E-state index contributed by atoms with van der Waals surface area (Å²) in [6, 6.07) is 9.42. The predicted octanol–water partition coefficient (Wildman–Crippen LogP) is 2.69. The largest absolute Gasteiger partial charge is 0.245 e. The molecule has 0 atom stereocenters. The Kier molecular flexibility index (Phi) is 1.51. The molecule has 2 aromatic rings. The van der Waals surface area contributed by atoms with Gasteiger partial charge in [0.15, 0.2) is 0 Å². The Morgan fingerprint density at radius 2 is 2.18 bits per heavy atom. The zero-order valence-corrected chi connectivity index (χ0v) is 6.47. The summed E-state index contributed by atoms with van der Waals surface area (Å²) < 4.78 is 0. The summed E-state index contributed by atoms with van der Waals surface area (Å²) >= 11 is 5.87. The van der Waals surface area contributed by atoms with E-state index in [-0.39, 0.29) is 0 Å². The zero-order valence-electron chi connectivity index (χ0n) is 5.71. The summed E-state index contributed by atoms with van der Waals surface area (Å²) in [5.74, 6) is 0. The van der Waals surface area contributed by atoms with Gasteiger partial charge >= 0.3 is 0 Å². The van der Waals surface area contributed by atoms with Crippen LogP contribution in [0.3, 0.4) is 0 Å². The molecule has 0 aliphatic heterocycles. The quantitative estimate of drug-likeness (QED) is 0.581. The fourth-order valence-electron chi connectivity index (χ4n) is 1.01. The van der Waals surface area contributed by atoms with E-state index >= 15 is 0 Å². The van der Waals surface area contributed by atoms with Crippen molar-refractivity contribution in [3.05, 3.63) is 41.6 Å². The first-order valence-corrected chi connectivity index (χ1v) is 3.67. The number of pyridine rings is 1. The molecule has 1 aromatic carbocycles. The van der Waals surface area contributed by atoms with Gasteiger partial charge in [0.25, 0.3) is 0 Å². The third-order valence-corrected chi connectivity index (χ3v) is 1.84. The second-order valence-electron chi connectivity index (χ2n) is 2.25. The van der Waals surface area contributed by atoms with Crippen LogP contribution >= 0.6 is 11.6 Å². The molecule has 0 unspecified atom stereocenters. The monoisotopic (exact) mass is 162 g/mol. The maximum absolute atomic E-state index is 5.87. The van der Waals surface area contributed by atoms with E-state index in [0.29, 0.717) is 5.02 Å². The van der Waals surface area contributed by atoms with Gasteiger partial charge < -0.3 is 0 Å². The molecule has 0 N–H and O–H groups in total. The van der Waals surface area contributed by atoms with Crippen LogP contribution in [0.15, 0.2) is 30.3 Å². The summed E-state index contributed by atoms with van der Waals surface area (Å²) in [7, 11) is 0. The third kappa shape index (κ3) is 1.08. The van der Waals surface area contributed by atoms with Crippen molar-refractivity contribution >= 4 is 22.5 Å². The van der Waals surface area contributed by atoms with Gasteiger partial charge in [0, 0.05) is 5.39 Å². The van der Waals surface area contributed by atoms with Gasteiger partial charge in [0.2, 0.25) is 0 Å². The fourth-order valence-corrected chi connectivity index (χ4v) is 1.24. The number of hydrogen-bond donors (Lipinski definition) is 0. The average Bonchev–Trinajstić information content (AvgIpc) is 2.06. The Morgan fingerprint density at radius 1 is 1.27 bits per heavy atom. The van der Waals surface area contributed by atoms with E-state index in [2.05, 4.69) is 11.2 Å². The maximum Gasteiger partial charge on any atom is 0.0896 e. The van der Waals surface area contributed by atoms with Gasteiger partial charge in [0.1, 0.15) is 0 Å². The number of para-hydroxylation sites is 1. The van der Waals surface area contributed by atoms with Crippen LogP contribution in [-0.2, 0) is 0 Å². The molecule has 2 heteroatoms. The van der Waals surface area contributed by atoms with Gasteiger partial charge in [-0.2, -0.15) is 0 Å². The van der Waals surface area contributed by atoms with Crippen molar-refractivity contribution in [3.8, 4) is 0 Å². The molecule has 2 rings (SSSR count). The number of benzene rings is 1. The number of rotatable bonds is 0. The third-order valence-electron chi connectivity index (χ3n) is 1.53. The van der Waals surface area contributed by atoms with Gasteiger partial charge in [-0.05, 0) is 12.1 Å². The van der Waals surface area contributed by atoms with Gasteiger partial charge in [-0.3, -0.25) is 0 Å². The average molecular weight is 163 g/mol. The highest BCUT2D eigenvalue weighted by Crippen LogP contribution is 2.19. The molecular weight excluding hydrogens is 158 g/mol. The van der Waals surface area contributed by atoms with Crippen LogP contribution in [0.25, 0.3) is 10.9 Å². The van der Waals surface area contributed by atoms with Crippen LogP contribution in [0.1, 0.15) is 0 Å². The van der Waals surface area contributed by atoms with Crippen molar-refractivity contribution in [2.75, 3.05) is 0 Å². The molecular formula is C9H5ClN. The molecule has 1 heterocycles. The molecule has 0 aliphatic rings.